The Morgan fingerprint density at radius 2 is 2.33 bits per heavy atom. The molecular weight excluding hydrogens is 156 g/mol. The molecule has 0 aromatic rings. The molecule has 0 bridgehead atoms. The van der Waals surface area contributed by atoms with Gasteiger partial charge in [0, 0.05) is 13.5 Å². The first kappa shape index (κ1) is 11.0. The molecule has 0 rings (SSSR count). The van der Waals surface area contributed by atoms with Gasteiger partial charge in [-0.15, -0.1) is 12.3 Å². The summed E-state index contributed by atoms with van der Waals surface area (Å²) in [5.41, 5.74) is 0. The molecule has 0 N–H and O–H groups in total. The molecule has 0 spiro atoms. The standard InChI is InChI=1S/C9H14O3/c1-4-5-6-9(10)12-8(2)7-11-3/h1,8H,5-7H2,2-3H3. The van der Waals surface area contributed by atoms with Gasteiger partial charge in [0.15, 0.2) is 0 Å². The second-order valence-electron chi connectivity index (χ2n) is 2.46. The van der Waals surface area contributed by atoms with Crippen LogP contribution in [0, 0.1) is 12.3 Å². The lowest BCUT2D eigenvalue weighted by atomic mass is 10.3. The molecule has 0 fully saturated rings. The average Bonchev–Trinajstić information content (AvgIpc) is 2.01. The van der Waals surface area contributed by atoms with E-state index >= 15 is 0 Å². The van der Waals surface area contributed by atoms with Gasteiger partial charge in [-0.05, 0) is 6.92 Å². The Morgan fingerprint density at radius 1 is 1.67 bits per heavy atom. The molecule has 0 aromatic heterocycles. The zero-order valence-corrected chi connectivity index (χ0v) is 7.50. The lowest BCUT2D eigenvalue weighted by Gasteiger charge is -2.10. The average molecular weight is 170 g/mol. The van der Waals surface area contributed by atoms with Crippen molar-refractivity contribution in [2.45, 2.75) is 25.9 Å². The molecular formula is C9H14O3. The first-order valence-electron chi connectivity index (χ1n) is 3.82. The largest absolute Gasteiger partial charge is 0.460 e. The molecule has 1 unspecified atom stereocenters. The highest BCUT2D eigenvalue weighted by Gasteiger charge is 2.07. The third kappa shape index (κ3) is 5.75. The predicted octanol–water partition coefficient (Wildman–Crippen LogP) is 0.978. The van der Waals surface area contributed by atoms with E-state index in [0.717, 1.165) is 0 Å². The second-order valence-corrected chi connectivity index (χ2v) is 2.46. The molecule has 0 saturated carbocycles. The van der Waals surface area contributed by atoms with Gasteiger partial charge in [-0.25, -0.2) is 0 Å². The van der Waals surface area contributed by atoms with Gasteiger partial charge in [0.25, 0.3) is 0 Å². The quantitative estimate of drug-likeness (QED) is 0.455. The van der Waals surface area contributed by atoms with Crippen LogP contribution in [-0.2, 0) is 14.3 Å². The van der Waals surface area contributed by atoms with Crippen LogP contribution in [0.3, 0.4) is 0 Å². The summed E-state index contributed by atoms with van der Waals surface area (Å²) in [4.78, 5) is 10.9. The van der Waals surface area contributed by atoms with Gasteiger partial charge in [-0.1, -0.05) is 0 Å². The second kappa shape index (κ2) is 6.68. The van der Waals surface area contributed by atoms with Gasteiger partial charge in [0.2, 0.25) is 0 Å². The molecule has 0 aromatic carbocycles. The highest BCUT2D eigenvalue weighted by atomic mass is 16.6. The maximum absolute atomic E-state index is 10.9. The van der Waals surface area contributed by atoms with Crippen LogP contribution in [0.2, 0.25) is 0 Å². The molecule has 3 heteroatoms. The Labute approximate surface area is 73.0 Å². The molecule has 3 nitrogen and oxygen atoms in total. The molecule has 1 atom stereocenters. The van der Waals surface area contributed by atoms with Crippen molar-refractivity contribution in [3.05, 3.63) is 0 Å². The van der Waals surface area contributed by atoms with Gasteiger partial charge >= 0.3 is 5.97 Å². The number of carbonyl (C=O) groups is 1. The minimum absolute atomic E-state index is 0.194. The molecule has 0 amide bonds. The maximum Gasteiger partial charge on any atom is 0.307 e. The fraction of sp³-hybridized carbons (Fsp3) is 0.667. The predicted molar refractivity (Wildman–Crippen MR) is 45.5 cm³/mol. The van der Waals surface area contributed by atoms with Gasteiger partial charge in [-0.2, -0.15) is 0 Å². The summed E-state index contributed by atoms with van der Waals surface area (Å²) < 4.78 is 9.72. The molecule has 0 saturated heterocycles. The molecule has 0 aliphatic rings. The third-order valence-corrected chi connectivity index (χ3v) is 1.21. The van der Waals surface area contributed by atoms with E-state index in [9.17, 15) is 4.79 Å². The lowest BCUT2D eigenvalue weighted by Crippen LogP contribution is -2.19. The van der Waals surface area contributed by atoms with Crippen molar-refractivity contribution in [1.29, 1.82) is 0 Å². The molecule has 0 aliphatic carbocycles. The van der Waals surface area contributed by atoms with Gasteiger partial charge in [0.05, 0.1) is 13.0 Å². The smallest absolute Gasteiger partial charge is 0.307 e. The van der Waals surface area contributed by atoms with Crippen molar-refractivity contribution in [2.24, 2.45) is 0 Å². The van der Waals surface area contributed by atoms with Crippen LogP contribution < -0.4 is 0 Å². The Morgan fingerprint density at radius 3 is 2.83 bits per heavy atom. The minimum Gasteiger partial charge on any atom is -0.460 e. The summed E-state index contributed by atoms with van der Waals surface area (Å²) in [5.74, 6) is 2.11. The number of hydrogen-bond acceptors (Lipinski definition) is 3. The SMILES string of the molecule is C#CCCC(=O)OC(C)COC. The number of terminal acetylenes is 1. The Hall–Kier alpha value is -1.01. The Bertz CT molecular complexity index is 169. The number of esters is 1. The van der Waals surface area contributed by atoms with E-state index in [1.807, 2.05) is 0 Å². The van der Waals surface area contributed by atoms with E-state index in [-0.39, 0.29) is 18.5 Å². The van der Waals surface area contributed by atoms with E-state index in [1.165, 1.54) is 0 Å². The summed E-state index contributed by atoms with van der Waals surface area (Å²) in [6.45, 7) is 2.19. The van der Waals surface area contributed by atoms with Crippen molar-refractivity contribution in [1.82, 2.24) is 0 Å². The fourth-order valence-electron chi connectivity index (χ4n) is 0.726. The van der Waals surface area contributed by atoms with Crippen LogP contribution in [0.15, 0.2) is 0 Å². The highest BCUT2D eigenvalue weighted by molar-refractivity contribution is 5.69. The van der Waals surface area contributed by atoms with Crippen molar-refractivity contribution in [3.63, 3.8) is 0 Å². The van der Waals surface area contributed by atoms with Crippen LogP contribution in [0.1, 0.15) is 19.8 Å². The molecule has 0 radical (unpaired) electrons. The molecule has 68 valence electrons. The maximum atomic E-state index is 10.9. The van der Waals surface area contributed by atoms with Gasteiger partial charge < -0.3 is 9.47 Å². The van der Waals surface area contributed by atoms with Crippen LogP contribution in [0.5, 0.6) is 0 Å². The summed E-state index contributed by atoms with van der Waals surface area (Å²) in [6.07, 6.45) is 5.50. The summed E-state index contributed by atoms with van der Waals surface area (Å²) in [5, 5.41) is 0. The number of rotatable bonds is 5. The fourth-order valence-corrected chi connectivity index (χ4v) is 0.726. The normalized spacial score (nSPS) is 11.8. The monoisotopic (exact) mass is 170 g/mol. The van der Waals surface area contributed by atoms with Crippen LogP contribution in [-0.4, -0.2) is 25.8 Å². The molecule has 0 heterocycles. The topological polar surface area (TPSA) is 35.5 Å². The van der Waals surface area contributed by atoms with Crippen LogP contribution in [0.25, 0.3) is 0 Å². The summed E-state index contributed by atoms with van der Waals surface area (Å²) >= 11 is 0. The first-order chi connectivity index (χ1) is 5.70. The van der Waals surface area contributed by atoms with Crippen LogP contribution >= 0.6 is 0 Å². The molecule has 12 heavy (non-hydrogen) atoms. The van der Waals surface area contributed by atoms with Crippen molar-refractivity contribution in [3.8, 4) is 12.3 Å². The van der Waals surface area contributed by atoms with E-state index in [4.69, 9.17) is 15.9 Å². The summed E-state index contributed by atoms with van der Waals surface area (Å²) in [7, 11) is 1.56. The van der Waals surface area contributed by atoms with Crippen molar-refractivity contribution < 1.29 is 14.3 Å². The minimum atomic E-state index is -0.266. The van der Waals surface area contributed by atoms with Gasteiger partial charge in [0.1, 0.15) is 6.10 Å². The summed E-state index contributed by atoms with van der Waals surface area (Å²) in [6, 6.07) is 0. The first-order valence-corrected chi connectivity index (χ1v) is 3.82. The number of ether oxygens (including phenoxy) is 2. The van der Waals surface area contributed by atoms with E-state index in [2.05, 4.69) is 5.92 Å². The van der Waals surface area contributed by atoms with Crippen molar-refractivity contribution >= 4 is 5.97 Å². The van der Waals surface area contributed by atoms with Crippen LogP contribution in [0.4, 0.5) is 0 Å². The highest BCUT2D eigenvalue weighted by Crippen LogP contribution is 1.97. The third-order valence-electron chi connectivity index (χ3n) is 1.21. The molecule has 0 aliphatic heterocycles. The number of carbonyl (C=O) groups excluding carboxylic acids is 1. The number of hydrogen-bond donors (Lipinski definition) is 0. The number of methoxy groups -OCH3 is 1. The van der Waals surface area contributed by atoms with E-state index < -0.39 is 0 Å². The van der Waals surface area contributed by atoms with E-state index in [0.29, 0.717) is 13.0 Å². The van der Waals surface area contributed by atoms with Gasteiger partial charge in [-0.3, -0.25) is 4.79 Å². The zero-order chi connectivity index (χ0) is 9.40. The lowest BCUT2D eigenvalue weighted by molar-refractivity contribution is -0.150. The van der Waals surface area contributed by atoms with E-state index in [1.54, 1.807) is 14.0 Å². The zero-order valence-electron chi connectivity index (χ0n) is 7.50. The Balaban J connectivity index is 3.48. The Kier molecular flexibility index (Phi) is 6.12. The van der Waals surface area contributed by atoms with Crippen molar-refractivity contribution in [2.75, 3.05) is 13.7 Å².